The van der Waals surface area contributed by atoms with E-state index in [0.29, 0.717) is 15.8 Å². The molecule has 0 rings (SSSR count). The van der Waals surface area contributed by atoms with E-state index in [0.717, 1.165) is 0 Å². The molecule has 0 aliphatic carbocycles. The second kappa shape index (κ2) is 31.7. The summed E-state index contributed by atoms with van der Waals surface area (Å²) in [4.78, 5) is 0. The molecule has 0 N–H and O–H groups in total. The molecule has 0 unspecified atom stereocenters. The topological polar surface area (TPSA) is 0 Å². The Labute approximate surface area is 153 Å². The maximum atomic E-state index is 2.29. The van der Waals surface area contributed by atoms with Crippen LogP contribution in [0.1, 0.15) is 41.5 Å². The third-order valence-corrected chi connectivity index (χ3v) is 8.05. The fourth-order valence-corrected chi connectivity index (χ4v) is 4.02. The first kappa shape index (κ1) is 37.1. The molecule has 0 spiro atoms. The van der Waals surface area contributed by atoms with Crippen molar-refractivity contribution in [2.45, 2.75) is 41.5 Å². The van der Waals surface area contributed by atoms with E-state index in [4.69, 9.17) is 0 Å². The molecule has 0 radical (unpaired) electrons. The number of rotatable bonds is 6. The van der Waals surface area contributed by atoms with Crippen molar-refractivity contribution >= 4 is 15.8 Å². The molecule has 0 aromatic heterocycles. The number of halogens is 3. The third kappa shape index (κ3) is 26.9. The Balaban J connectivity index is -0.0000000327. The number of hydrogen-bond donors (Lipinski definition) is 0. The summed E-state index contributed by atoms with van der Waals surface area (Å²) in [7, 11) is 0.892. The van der Waals surface area contributed by atoms with Crippen molar-refractivity contribution < 1.29 is 59.6 Å². The van der Waals surface area contributed by atoms with Crippen molar-refractivity contribution in [2.24, 2.45) is 0 Å². The molecule has 0 bridgehead atoms. The van der Waals surface area contributed by atoms with Gasteiger partial charge < -0.3 is 37.2 Å². The first-order chi connectivity index (χ1) is 6.69. The maximum absolute atomic E-state index is 2.29. The molecule has 0 aromatic rings. The van der Waals surface area contributed by atoms with Gasteiger partial charge in [-0.05, 0) is 37.0 Å². The van der Waals surface area contributed by atoms with Crippen LogP contribution in [0, 0.1) is 0 Å². The molecule has 0 aliphatic heterocycles. The van der Waals surface area contributed by atoms with Crippen molar-refractivity contribution in [1.82, 2.24) is 0 Å². The molecule has 6 heteroatoms. The van der Waals surface area contributed by atoms with E-state index >= 15 is 0 Å². The fraction of sp³-hybridized carbons (Fsp3) is 1.00. The van der Waals surface area contributed by atoms with Gasteiger partial charge in [0.15, 0.2) is 0 Å². The van der Waals surface area contributed by atoms with Crippen LogP contribution < -0.4 is 37.2 Å². The second-order valence-electron chi connectivity index (χ2n) is 3.24. The zero-order valence-corrected chi connectivity index (χ0v) is 18.8. The van der Waals surface area contributed by atoms with Gasteiger partial charge >= 0.3 is 22.4 Å². The minimum atomic E-state index is 0. The van der Waals surface area contributed by atoms with Gasteiger partial charge in [0.2, 0.25) is 0 Å². The molecular formula is C12H30AuCl3P2. The largest absolute Gasteiger partial charge is 3.00 e. The number of hydrogen-bond acceptors (Lipinski definition) is 0. The van der Waals surface area contributed by atoms with Crippen molar-refractivity contribution in [3.8, 4) is 0 Å². The SMILES string of the molecule is CCP(CC)CC.CCP(CC)CC.[Au+3].[Cl-].[Cl-].[Cl-]. The molecule has 0 amide bonds. The molecule has 0 aromatic carbocycles. The van der Waals surface area contributed by atoms with Crippen molar-refractivity contribution in [1.29, 1.82) is 0 Å². The van der Waals surface area contributed by atoms with Crippen LogP contribution in [-0.4, -0.2) is 37.0 Å². The third-order valence-electron chi connectivity index (χ3n) is 2.68. The van der Waals surface area contributed by atoms with Gasteiger partial charge in [-0.3, -0.25) is 0 Å². The zero-order valence-electron chi connectivity index (χ0n) is 12.6. The molecule has 120 valence electrons. The molecule has 18 heavy (non-hydrogen) atoms. The van der Waals surface area contributed by atoms with E-state index in [-0.39, 0.29) is 59.6 Å². The molecular weight excluding hydrogens is 509 g/mol. The Morgan fingerprint density at radius 2 is 0.556 bits per heavy atom. The van der Waals surface area contributed by atoms with E-state index in [2.05, 4.69) is 41.5 Å². The normalized spacial score (nSPS) is 8.00. The summed E-state index contributed by atoms with van der Waals surface area (Å²) in [5.74, 6) is 0. The molecule has 0 aliphatic rings. The van der Waals surface area contributed by atoms with Crippen LogP contribution in [0.5, 0.6) is 0 Å². The van der Waals surface area contributed by atoms with Crippen LogP contribution in [-0.2, 0) is 22.4 Å². The minimum Gasteiger partial charge on any atom is -1.00 e. The van der Waals surface area contributed by atoms with E-state index in [1.807, 2.05) is 0 Å². The Kier molecular flexibility index (Phi) is 65.3. The van der Waals surface area contributed by atoms with E-state index < -0.39 is 0 Å². The van der Waals surface area contributed by atoms with Gasteiger partial charge in [-0.2, -0.15) is 0 Å². The summed E-state index contributed by atoms with van der Waals surface area (Å²) in [6.45, 7) is 13.7. The summed E-state index contributed by atoms with van der Waals surface area (Å²) in [6, 6.07) is 0. The van der Waals surface area contributed by atoms with Crippen LogP contribution in [0.2, 0.25) is 0 Å². The fourth-order valence-electron chi connectivity index (χ4n) is 1.34. The Bertz CT molecular complexity index is 80.3. The molecule has 0 heterocycles. The van der Waals surface area contributed by atoms with Gasteiger partial charge in [0, 0.05) is 0 Å². The summed E-state index contributed by atoms with van der Waals surface area (Å²) in [5.41, 5.74) is 0. The quantitative estimate of drug-likeness (QED) is 0.239. The van der Waals surface area contributed by atoms with Crippen LogP contribution in [0.15, 0.2) is 0 Å². The monoisotopic (exact) mass is 538 g/mol. The van der Waals surface area contributed by atoms with Crippen molar-refractivity contribution in [3.05, 3.63) is 0 Å². The standard InChI is InChI=1S/2C6H15P.Au.3ClH/c2*1-4-7(5-2)6-3;;;;/h2*4-6H2,1-3H3;;3*1H/q;;+3;;;/p-3. The van der Waals surface area contributed by atoms with Gasteiger partial charge in [0.1, 0.15) is 0 Å². The second-order valence-corrected chi connectivity index (χ2v) is 9.72. The molecule has 0 atom stereocenters. The Hall–Kier alpha value is 2.47. The van der Waals surface area contributed by atoms with Crippen LogP contribution >= 0.6 is 15.8 Å². The Morgan fingerprint density at radius 3 is 0.556 bits per heavy atom. The van der Waals surface area contributed by atoms with E-state index in [1.165, 1.54) is 37.0 Å². The van der Waals surface area contributed by atoms with Crippen LogP contribution in [0.3, 0.4) is 0 Å². The van der Waals surface area contributed by atoms with Crippen molar-refractivity contribution in [2.75, 3.05) is 37.0 Å². The molecule has 0 saturated carbocycles. The maximum Gasteiger partial charge on any atom is 3.00 e. The smallest absolute Gasteiger partial charge is 1.00 e. The predicted octanol–water partition coefficient (Wildman–Crippen LogP) is -3.93. The molecule has 0 saturated heterocycles. The molecule has 0 fully saturated rings. The Morgan fingerprint density at radius 1 is 0.444 bits per heavy atom. The van der Waals surface area contributed by atoms with E-state index in [9.17, 15) is 0 Å². The summed E-state index contributed by atoms with van der Waals surface area (Å²) >= 11 is 0. The molecule has 0 nitrogen and oxygen atoms in total. The zero-order chi connectivity index (χ0) is 11.4. The summed E-state index contributed by atoms with van der Waals surface area (Å²) in [5, 5.41) is 0. The van der Waals surface area contributed by atoms with Gasteiger partial charge in [-0.25, -0.2) is 0 Å². The average molecular weight is 540 g/mol. The summed E-state index contributed by atoms with van der Waals surface area (Å²) < 4.78 is 0. The average Bonchev–Trinajstić information content (AvgIpc) is 2.24. The van der Waals surface area contributed by atoms with Crippen LogP contribution in [0.4, 0.5) is 0 Å². The van der Waals surface area contributed by atoms with Gasteiger partial charge in [-0.15, -0.1) is 15.8 Å². The first-order valence-electron chi connectivity index (χ1n) is 6.14. The first-order valence-corrected chi connectivity index (χ1v) is 9.93. The summed E-state index contributed by atoms with van der Waals surface area (Å²) in [6.07, 6.45) is 8.51. The van der Waals surface area contributed by atoms with Gasteiger partial charge in [0.05, 0.1) is 0 Å². The van der Waals surface area contributed by atoms with Gasteiger partial charge in [0.25, 0.3) is 0 Å². The van der Waals surface area contributed by atoms with E-state index in [1.54, 1.807) is 0 Å². The van der Waals surface area contributed by atoms with Crippen molar-refractivity contribution in [3.63, 3.8) is 0 Å². The minimum absolute atomic E-state index is 0. The predicted molar refractivity (Wildman–Crippen MR) is 77.1 cm³/mol. The van der Waals surface area contributed by atoms with Crippen LogP contribution in [0.25, 0.3) is 0 Å². The van der Waals surface area contributed by atoms with Gasteiger partial charge in [-0.1, -0.05) is 41.5 Å².